The molecular formula is C28H42NO7P. The maximum atomic E-state index is 12.4. The molecule has 9 heteroatoms. The van der Waals surface area contributed by atoms with Crippen molar-refractivity contribution in [2.75, 3.05) is 54.1 Å². The first-order chi connectivity index (χ1) is 17.6. The summed E-state index contributed by atoms with van der Waals surface area (Å²) in [6.07, 6.45) is 3.37. The number of phosphoric ester groups is 1. The molecule has 0 bridgehead atoms. The predicted molar refractivity (Wildman–Crippen MR) is 142 cm³/mol. The van der Waals surface area contributed by atoms with E-state index in [2.05, 4.69) is 12.1 Å². The number of quaternary nitrogens is 1. The van der Waals surface area contributed by atoms with Crippen LogP contribution in [-0.4, -0.2) is 70.7 Å². The Bertz CT molecular complexity index is 935. The molecule has 0 saturated heterocycles. The van der Waals surface area contributed by atoms with E-state index in [0.717, 1.165) is 31.2 Å². The summed E-state index contributed by atoms with van der Waals surface area (Å²) < 4.78 is 34.2. The smallest absolute Gasteiger partial charge is 0.305 e. The number of ether oxygens (including phenoxy) is 2. The zero-order valence-corrected chi connectivity index (χ0v) is 23.3. The summed E-state index contributed by atoms with van der Waals surface area (Å²) >= 11 is 0. The first kappa shape index (κ1) is 31.2. The minimum atomic E-state index is -4.59. The summed E-state index contributed by atoms with van der Waals surface area (Å²) in [6, 6.07) is 20.1. The summed E-state index contributed by atoms with van der Waals surface area (Å²) in [4.78, 5) is 24.6. The summed E-state index contributed by atoms with van der Waals surface area (Å²) in [7, 11) is 1.22. The van der Waals surface area contributed by atoms with Gasteiger partial charge in [-0.05, 0) is 43.2 Å². The molecule has 2 rings (SSSR count). The molecule has 0 amide bonds. The van der Waals surface area contributed by atoms with Crippen LogP contribution in [0.2, 0.25) is 0 Å². The van der Waals surface area contributed by atoms with Gasteiger partial charge in [-0.15, -0.1) is 0 Å². The average Bonchev–Trinajstić information content (AvgIpc) is 2.84. The van der Waals surface area contributed by atoms with Gasteiger partial charge in [0.1, 0.15) is 25.9 Å². The van der Waals surface area contributed by atoms with Gasteiger partial charge in [-0.25, -0.2) is 0 Å². The largest absolute Gasteiger partial charge is 0.756 e. The molecule has 0 aliphatic heterocycles. The molecule has 0 heterocycles. The third-order valence-electron chi connectivity index (χ3n) is 5.56. The minimum absolute atomic E-state index is 0.00336. The highest BCUT2D eigenvalue weighted by atomic mass is 31.2. The van der Waals surface area contributed by atoms with Crippen molar-refractivity contribution in [2.45, 2.75) is 44.6 Å². The van der Waals surface area contributed by atoms with Crippen LogP contribution >= 0.6 is 7.82 Å². The quantitative estimate of drug-likeness (QED) is 0.115. The van der Waals surface area contributed by atoms with Crippen molar-refractivity contribution in [3.8, 4) is 0 Å². The van der Waals surface area contributed by atoms with Crippen molar-refractivity contribution < 1.29 is 37.3 Å². The van der Waals surface area contributed by atoms with E-state index in [9.17, 15) is 14.3 Å². The molecule has 0 N–H and O–H groups in total. The SMILES string of the molecule is C[N+](C)(C)CCOP(=O)([O-])OC(COCCCCc1ccccc1)COC(=O)CCCc1ccccc1. The molecule has 0 radical (unpaired) electrons. The van der Waals surface area contributed by atoms with E-state index in [0.29, 0.717) is 24.1 Å². The number of likely N-dealkylation sites (N-methyl/N-ethyl adjacent to an activating group) is 1. The molecule has 0 aromatic heterocycles. The van der Waals surface area contributed by atoms with Crippen LogP contribution in [0.5, 0.6) is 0 Å². The van der Waals surface area contributed by atoms with Gasteiger partial charge in [0.15, 0.2) is 0 Å². The van der Waals surface area contributed by atoms with Gasteiger partial charge in [0.05, 0.1) is 27.7 Å². The number of rotatable bonds is 19. The molecule has 8 nitrogen and oxygen atoms in total. The maximum absolute atomic E-state index is 12.4. The van der Waals surface area contributed by atoms with Gasteiger partial charge in [-0.2, -0.15) is 0 Å². The van der Waals surface area contributed by atoms with E-state index in [-0.39, 0.29) is 26.2 Å². The van der Waals surface area contributed by atoms with Gasteiger partial charge in [0, 0.05) is 13.0 Å². The highest BCUT2D eigenvalue weighted by Crippen LogP contribution is 2.39. The highest BCUT2D eigenvalue weighted by molar-refractivity contribution is 7.45. The molecule has 2 atom stereocenters. The number of carbonyl (C=O) groups excluding carboxylic acids is 1. The number of hydrogen-bond acceptors (Lipinski definition) is 7. The molecule has 0 saturated carbocycles. The highest BCUT2D eigenvalue weighted by Gasteiger charge is 2.21. The number of hydrogen-bond donors (Lipinski definition) is 0. The lowest BCUT2D eigenvalue weighted by molar-refractivity contribution is -0.870. The summed E-state index contributed by atoms with van der Waals surface area (Å²) in [5, 5.41) is 0. The number of benzene rings is 2. The van der Waals surface area contributed by atoms with Crippen LogP contribution in [-0.2, 0) is 40.7 Å². The Balaban J connectivity index is 1.76. The van der Waals surface area contributed by atoms with Crippen LogP contribution in [0.15, 0.2) is 60.7 Å². The van der Waals surface area contributed by atoms with Crippen LogP contribution in [0, 0.1) is 0 Å². The Kier molecular flexibility index (Phi) is 14.1. The van der Waals surface area contributed by atoms with Gasteiger partial charge in [-0.3, -0.25) is 9.36 Å². The minimum Gasteiger partial charge on any atom is -0.756 e. The Morgan fingerprint density at radius 2 is 1.46 bits per heavy atom. The normalized spacial score (nSPS) is 14.2. The molecule has 0 aliphatic carbocycles. The van der Waals surface area contributed by atoms with Gasteiger partial charge >= 0.3 is 5.97 Å². The molecule has 2 aromatic carbocycles. The van der Waals surface area contributed by atoms with E-state index < -0.39 is 19.9 Å². The molecule has 0 aliphatic rings. The summed E-state index contributed by atoms with van der Waals surface area (Å²) in [6.45, 7) is 0.696. The molecule has 2 unspecified atom stereocenters. The monoisotopic (exact) mass is 535 g/mol. The lowest BCUT2D eigenvalue weighted by Crippen LogP contribution is -2.38. The Morgan fingerprint density at radius 3 is 2.05 bits per heavy atom. The Morgan fingerprint density at radius 1 is 0.865 bits per heavy atom. The second kappa shape index (κ2) is 16.7. The lowest BCUT2D eigenvalue weighted by atomic mass is 10.1. The fourth-order valence-electron chi connectivity index (χ4n) is 3.48. The number of nitrogens with zero attached hydrogens (tertiary/aromatic N) is 1. The van der Waals surface area contributed by atoms with Crippen molar-refractivity contribution in [3.05, 3.63) is 71.8 Å². The maximum Gasteiger partial charge on any atom is 0.305 e. The summed E-state index contributed by atoms with van der Waals surface area (Å²) in [5.41, 5.74) is 2.41. The second-order valence-electron chi connectivity index (χ2n) is 10.1. The topological polar surface area (TPSA) is 94.1 Å². The van der Waals surface area contributed by atoms with Crippen molar-refractivity contribution >= 4 is 13.8 Å². The van der Waals surface area contributed by atoms with Crippen LogP contribution < -0.4 is 4.89 Å². The fourth-order valence-corrected chi connectivity index (χ4v) is 4.33. The van der Waals surface area contributed by atoms with Crippen molar-refractivity contribution in [1.29, 1.82) is 0 Å². The standard InChI is InChI=1S/C28H42NO7P/c1-29(2,3)20-22-35-37(31,32)36-27(23-33-21-11-10-17-25-13-6-4-7-14-25)24-34-28(30)19-12-18-26-15-8-5-9-16-26/h4-9,13-16,27H,10-12,17-24H2,1-3H3. The van der Waals surface area contributed by atoms with Gasteiger partial charge in [0.2, 0.25) is 0 Å². The second-order valence-corrected chi connectivity index (χ2v) is 11.4. The number of carbonyl (C=O) groups is 1. The van der Waals surface area contributed by atoms with Crippen molar-refractivity contribution in [1.82, 2.24) is 0 Å². The van der Waals surface area contributed by atoms with Crippen LogP contribution in [0.4, 0.5) is 0 Å². The molecule has 0 spiro atoms. The lowest BCUT2D eigenvalue weighted by Gasteiger charge is -2.30. The van der Waals surface area contributed by atoms with Crippen molar-refractivity contribution in [3.63, 3.8) is 0 Å². The first-order valence-corrected chi connectivity index (χ1v) is 14.3. The molecule has 2 aromatic rings. The molecule has 206 valence electrons. The van der Waals surface area contributed by atoms with E-state index >= 15 is 0 Å². The van der Waals surface area contributed by atoms with Crippen LogP contribution in [0.25, 0.3) is 0 Å². The van der Waals surface area contributed by atoms with E-state index in [1.807, 2.05) is 69.7 Å². The zero-order valence-electron chi connectivity index (χ0n) is 22.4. The van der Waals surface area contributed by atoms with Gasteiger partial charge in [-0.1, -0.05) is 60.7 Å². The number of aryl methyl sites for hydroxylation is 2. The molecular weight excluding hydrogens is 493 g/mol. The molecule has 0 fully saturated rings. The van der Waals surface area contributed by atoms with E-state index in [4.69, 9.17) is 18.5 Å². The van der Waals surface area contributed by atoms with Gasteiger partial charge in [0.25, 0.3) is 7.82 Å². The number of phosphoric acid groups is 1. The van der Waals surface area contributed by atoms with Crippen LogP contribution in [0.3, 0.4) is 0 Å². The van der Waals surface area contributed by atoms with E-state index in [1.165, 1.54) is 5.56 Å². The summed E-state index contributed by atoms with van der Waals surface area (Å²) in [5.74, 6) is -0.404. The number of esters is 1. The average molecular weight is 536 g/mol. The third-order valence-corrected chi connectivity index (χ3v) is 6.61. The third kappa shape index (κ3) is 15.7. The van der Waals surface area contributed by atoms with Crippen molar-refractivity contribution in [2.24, 2.45) is 0 Å². The van der Waals surface area contributed by atoms with Crippen LogP contribution in [0.1, 0.15) is 36.8 Å². The van der Waals surface area contributed by atoms with E-state index in [1.54, 1.807) is 0 Å². The van der Waals surface area contributed by atoms with Gasteiger partial charge < -0.3 is 27.9 Å². The Labute approximate surface area is 221 Å². The number of unbranched alkanes of at least 4 members (excludes halogenated alkanes) is 1. The molecule has 37 heavy (non-hydrogen) atoms. The fraction of sp³-hybridized carbons (Fsp3) is 0.536. The zero-order chi connectivity index (χ0) is 27.0. The Hall–Kier alpha value is -2.06. The predicted octanol–water partition coefficient (Wildman–Crippen LogP) is 4.17. The first-order valence-electron chi connectivity index (χ1n) is 12.9.